The fourth-order valence-corrected chi connectivity index (χ4v) is 4.70. The Morgan fingerprint density at radius 2 is 1.92 bits per heavy atom. The van der Waals surface area contributed by atoms with E-state index in [1.807, 2.05) is 18.2 Å². The van der Waals surface area contributed by atoms with Crippen LogP contribution in [-0.4, -0.2) is 50.3 Å². The van der Waals surface area contributed by atoms with Crippen molar-refractivity contribution in [2.24, 2.45) is 11.8 Å². The number of aliphatic hydroxyl groups is 2. The number of aromatic nitrogens is 2. The molecule has 1 saturated carbocycles. The number of rotatable bonds is 5. The van der Waals surface area contributed by atoms with E-state index in [1.165, 1.54) is 18.0 Å². The van der Waals surface area contributed by atoms with Crippen LogP contribution in [0.15, 0.2) is 47.5 Å². The summed E-state index contributed by atoms with van der Waals surface area (Å²) in [7, 11) is 0. The first-order valence-electron chi connectivity index (χ1n) is 9.22. The van der Waals surface area contributed by atoms with Crippen molar-refractivity contribution in [2.45, 2.75) is 31.0 Å². The van der Waals surface area contributed by atoms with Crippen molar-refractivity contribution in [3.63, 3.8) is 0 Å². The van der Waals surface area contributed by atoms with E-state index in [0.29, 0.717) is 30.5 Å². The van der Waals surface area contributed by atoms with E-state index in [-0.39, 0.29) is 5.56 Å². The lowest BCUT2D eigenvalue weighted by Gasteiger charge is -2.26. The van der Waals surface area contributed by atoms with Gasteiger partial charge in [0.2, 0.25) is 0 Å². The number of H-pyrrole nitrogens is 1. The van der Waals surface area contributed by atoms with Gasteiger partial charge in [-0.05, 0) is 30.2 Å². The molecule has 26 heavy (non-hydrogen) atoms. The predicted octanol–water partition coefficient (Wildman–Crippen LogP) is 1.12. The Labute approximate surface area is 152 Å². The topological polar surface area (TPSA) is 89.4 Å². The standard InChI is InChI=1S/C20H25N3O3/c24-18(17-9-22-19(25)10-21-17)13-23-11-15-7-20(26,8-16(15)12-23)6-14-4-2-1-3-5-14/h1-5,9-10,15-16,18,24,26H,6-8,11-13H2,(H,22,25)/t15-,16+,18?,20?. The average molecular weight is 355 g/mol. The lowest BCUT2D eigenvalue weighted by Crippen LogP contribution is -2.33. The van der Waals surface area contributed by atoms with Crippen LogP contribution in [0.5, 0.6) is 0 Å². The summed E-state index contributed by atoms with van der Waals surface area (Å²) < 4.78 is 0. The zero-order chi connectivity index (χ0) is 18.1. The summed E-state index contributed by atoms with van der Waals surface area (Å²) in [6, 6.07) is 10.2. The van der Waals surface area contributed by atoms with E-state index in [2.05, 4.69) is 27.0 Å². The van der Waals surface area contributed by atoms with Crippen LogP contribution in [0.3, 0.4) is 0 Å². The fourth-order valence-electron chi connectivity index (χ4n) is 4.70. The molecule has 4 rings (SSSR count). The quantitative estimate of drug-likeness (QED) is 0.748. The van der Waals surface area contributed by atoms with Gasteiger partial charge in [0, 0.05) is 32.3 Å². The van der Waals surface area contributed by atoms with Gasteiger partial charge in [0.05, 0.1) is 17.5 Å². The molecule has 1 aromatic heterocycles. The summed E-state index contributed by atoms with van der Waals surface area (Å²) in [4.78, 5) is 19.9. The minimum atomic E-state index is -0.714. The number of nitrogens with one attached hydrogen (secondary N) is 1. The van der Waals surface area contributed by atoms with Gasteiger partial charge < -0.3 is 15.2 Å². The molecule has 1 aliphatic heterocycles. The highest BCUT2D eigenvalue weighted by Gasteiger charge is 2.48. The van der Waals surface area contributed by atoms with E-state index in [1.54, 1.807) is 0 Å². The van der Waals surface area contributed by atoms with E-state index < -0.39 is 11.7 Å². The molecule has 0 bridgehead atoms. The third-order valence-corrected chi connectivity index (χ3v) is 5.78. The zero-order valence-electron chi connectivity index (χ0n) is 14.7. The molecule has 0 amide bonds. The average Bonchev–Trinajstić information content (AvgIpc) is 3.10. The molecule has 0 spiro atoms. The van der Waals surface area contributed by atoms with E-state index in [9.17, 15) is 15.0 Å². The minimum Gasteiger partial charge on any atom is -0.390 e. The van der Waals surface area contributed by atoms with Crippen molar-refractivity contribution in [2.75, 3.05) is 19.6 Å². The molecule has 3 N–H and O–H groups in total. The van der Waals surface area contributed by atoms with Crippen molar-refractivity contribution < 1.29 is 10.2 Å². The number of aromatic amines is 1. The first-order valence-corrected chi connectivity index (χ1v) is 9.22. The zero-order valence-corrected chi connectivity index (χ0v) is 14.7. The molecule has 6 heteroatoms. The molecule has 2 aromatic rings. The van der Waals surface area contributed by atoms with Crippen LogP contribution in [0, 0.1) is 11.8 Å². The third-order valence-electron chi connectivity index (χ3n) is 5.78. The van der Waals surface area contributed by atoms with Crippen LogP contribution in [0.4, 0.5) is 0 Å². The van der Waals surface area contributed by atoms with Crippen molar-refractivity contribution in [3.8, 4) is 0 Å². The highest BCUT2D eigenvalue weighted by atomic mass is 16.3. The van der Waals surface area contributed by atoms with E-state index >= 15 is 0 Å². The largest absolute Gasteiger partial charge is 0.390 e. The molecular weight excluding hydrogens is 330 g/mol. The van der Waals surface area contributed by atoms with Crippen LogP contribution in [0.2, 0.25) is 0 Å². The number of aliphatic hydroxyl groups excluding tert-OH is 1. The maximum Gasteiger partial charge on any atom is 0.266 e. The minimum absolute atomic E-state index is 0.269. The maximum absolute atomic E-state index is 11.1. The van der Waals surface area contributed by atoms with Crippen molar-refractivity contribution >= 4 is 0 Å². The Bertz CT molecular complexity index is 773. The number of likely N-dealkylation sites (tertiary alicyclic amines) is 1. The van der Waals surface area contributed by atoms with Crippen LogP contribution >= 0.6 is 0 Å². The molecule has 1 aromatic carbocycles. The molecular formula is C20H25N3O3. The van der Waals surface area contributed by atoms with Crippen LogP contribution in [0.25, 0.3) is 0 Å². The third kappa shape index (κ3) is 3.72. The molecule has 4 atom stereocenters. The summed E-state index contributed by atoms with van der Waals surface area (Å²) in [5, 5.41) is 21.4. The fraction of sp³-hybridized carbons (Fsp3) is 0.500. The summed E-state index contributed by atoms with van der Waals surface area (Å²) in [6.45, 7) is 2.29. The summed E-state index contributed by atoms with van der Waals surface area (Å²) in [6.07, 6.45) is 4.30. The number of hydrogen-bond acceptors (Lipinski definition) is 5. The Kier molecular flexibility index (Phi) is 4.65. The van der Waals surface area contributed by atoms with Gasteiger partial charge in [0.25, 0.3) is 5.56 Å². The molecule has 2 heterocycles. The van der Waals surface area contributed by atoms with Gasteiger partial charge in [-0.2, -0.15) is 0 Å². The summed E-state index contributed by atoms with van der Waals surface area (Å²) in [5.74, 6) is 0.943. The molecule has 138 valence electrons. The van der Waals surface area contributed by atoms with Crippen molar-refractivity contribution in [1.29, 1.82) is 0 Å². The van der Waals surface area contributed by atoms with E-state index in [4.69, 9.17) is 0 Å². The Balaban J connectivity index is 1.33. The van der Waals surface area contributed by atoms with Gasteiger partial charge in [0.15, 0.2) is 0 Å². The molecule has 1 aliphatic carbocycles. The Morgan fingerprint density at radius 3 is 2.54 bits per heavy atom. The maximum atomic E-state index is 11.1. The number of nitrogens with zero attached hydrogens (tertiary/aromatic N) is 2. The molecule has 1 saturated heterocycles. The molecule has 2 aliphatic rings. The monoisotopic (exact) mass is 355 g/mol. The van der Waals surface area contributed by atoms with Gasteiger partial charge in [-0.1, -0.05) is 30.3 Å². The van der Waals surface area contributed by atoms with Crippen LogP contribution < -0.4 is 5.56 Å². The number of benzene rings is 1. The Morgan fingerprint density at radius 1 is 1.23 bits per heavy atom. The highest BCUT2D eigenvalue weighted by molar-refractivity contribution is 5.18. The van der Waals surface area contributed by atoms with Gasteiger partial charge >= 0.3 is 0 Å². The highest BCUT2D eigenvalue weighted by Crippen LogP contribution is 2.45. The van der Waals surface area contributed by atoms with Crippen molar-refractivity contribution in [3.05, 3.63) is 64.3 Å². The first kappa shape index (κ1) is 17.4. The number of hydrogen-bond donors (Lipinski definition) is 3. The van der Waals surface area contributed by atoms with Gasteiger partial charge in [-0.25, -0.2) is 0 Å². The molecule has 2 fully saturated rings. The van der Waals surface area contributed by atoms with Crippen LogP contribution in [0.1, 0.15) is 30.2 Å². The second-order valence-corrected chi connectivity index (χ2v) is 7.89. The number of β-amino-alcohol motifs (C(OH)–C–C–N with tert-alkyl or cyclic N) is 1. The smallest absolute Gasteiger partial charge is 0.266 e. The number of fused-ring (bicyclic) bond motifs is 1. The van der Waals surface area contributed by atoms with Gasteiger partial charge in [-0.15, -0.1) is 0 Å². The van der Waals surface area contributed by atoms with Crippen LogP contribution in [-0.2, 0) is 6.42 Å². The second-order valence-electron chi connectivity index (χ2n) is 7.89. The molecule has 6 nitrogen and oxygen atoms in total. The Hall–Kier alpha value is -2.02. The summed E-state index contributed by atoms with van der Waals surface area (Å²) in [5.41, 5.74) is 0.796. The lowest BCUT2D eigenvalue weighted by atomic mass is 9.91. The predicted molar refractivity (Wildman–Crippen MR) is 97.6 cm³/mol. The molecule has 0 radical (unpaired) electrons. The second kappa shape index (κ2) is 6.95. The van der Waals surface area contributed by atoms with Gasteiger partial charge in [-0.3, -0.25) is 14.7 Å². The van der Waals surface area contributed by atoms with Gasteiger partial charge in [0.1, 0.15) is 6.10 Å². The van der Waals surface area contributed by atoms with E-state index in [0.717, 1.165) is 25.9 Å². The SMILES string of the molecule is O=c1cnc(C(O)CN2C[C@@H]3CC(O)(Cc4ccccc4)C[C@@H]3C2)c[nH]1. The first-order chi connectivity index (χ1) is 12.5. The summed E-state index contributed by atoms with van der Waals surface area (Å²) >= 11 is 0. The lowest BCUT2D eigenvalue weighted by molar-refractivity contribution is 0.0327. The molecule has 2 unspecified atom stereocenters. The normalized spacial score (nSPS) is 29.6. The van der Waals surface area contributed by atoms with Crippen molar-refractivity contribution in [1.82, 2.24) is 14.9 Å².